The van der Waals surface area contributed by atoms with E-state index in [0.29, 0.717) is 17.9 Å². The van der Waals surface area contributed by atoms with Crippen molar-refractivity contribution < 1.29 is 29.2 Å². The molecule has 1 saturated heterocycles. The van der Waals surface area contributed by atoms with Gasteiger partial charge in [-0.1, -0.05) is 0 Å². The Morgan fingerprint density at radius 1 is 1.44 bits per heavy atom. The molecule has 2 heterocycles. The molecule has 1 fully saturated rings. The van der Waals surface area contributed by atoms with Crippen LogP contribution in [0.5, 0.6) is 5.75 Å². The summed E-state index contributed by atoms with van der Waals surface area (Å²) in [6.07, 6.45) is -1.41. The lowest BCUT2D eigenvalue weighted by Crippen LogP contribution is -2.66. The first kappa shape index (κ1) is 18.4. The van der Waals surface area contributed by atoms with Crippen molar-refractivity contribution in [2.75, 3.05) is 19.7 Å². The van der Waals surface area contributed by atoms with E-state index in [-0.39, 0.29) is 19.7 Å². The maximum Gasteiger partial charge on any atom is 0.410 e. The van der Waals surface area contributed by atoms with Crippen LogP contribution in [-0.4, -0.2) is 52.1 Å². The summed E-state index contributed by atoms with van der Waals surface area (Å²) in [7, 11) is 0. The summed E-state index contributed by atoms with van der Waals surface area (Å²) in [4.78, 5) is 13.4. The van der Waals surface area contributed by atoms with Crippen molar-refractivity contribution in [1.82, 2.24) is 4.90 Å². The predicted molar refractivity (Wildman–Crippen MR) is 92.1 cm³/mol. The number of aliphatic hydroxyl groups excluding tert-OH is 1. The van der Waals surface area contributed by atoms with Crippen LogP contribution in [-0.2, 0) is 16.1 Å². The molecule has 1 atom stereocenters. The summed E-state index contributed by atoms with van der Waals surface area (Å²) in [5.74, 6) is 0.507. The molecule has 8 heteroatoms. The third kappa shape index (κ3) is 4.08. The fraction of sp³-hybridized carbons (Fsp3) is 0.588. The molecule has 2 N–H and O–H groups in total. The molecule has 2 aliphatic rings. The Labute approximate surface area is 154 Å². The van der Waals surface area contributed by atoms with Gasteiger partial charge in [-0.05, 0) is 54.4 Å². The zero-order valence-corrected chi connectivity index (χ0v) is 16.0. The topological polar surface area (TPSA) is 88.5 Å². The highest BCUT2D eigenvalue weighted by molar-refractivity contribution is 9.10. The number of likely N-dealkylation sites (tertiary alicyclic amines) is 1. The van der Waals surface area contributed by atoms with Crippen molar-refractivity contribution >= 4 is 22.0 Å². The maximum atomic E-state index is 11.9. The molecule has 1 aromatic carbocycles. The lowest BCUT2D eigenvalue weighted by molar-refractivity contribution is -0.117. The van der Waals surface area contributed by atoms with E-state index in [0.717, 1.165) is 10.0 Å². The van der Waals surface area contributed by atoms with E-state index >= 15 is 0 Å². The van der Waals surface area contributed by atoms with Crippen LogP contribution in [0.15, 0.2) is 16.6 Å². The second-order valence-electron chi connectivity index (χ2n) is 7.49. The molecule has 1 aromatic rings. The number of rotatable bonds is 3. The van der Waals surface area contributed by atoms with E-state index < -0.39 is 23.6 Å². The number of β-amino-alcohol motifs (C(OH)–C–C–N with tert-alkyl or cyclic N) is 1. The quantitative estimate of drug-likeness (QED) is 0.787. The second-order valence-corrected chi connectivity index (χ2v) is 8.35. The Bertz CT molecular complexity index is 680. The fourth-order valence-electron chi connectivity index (χ4n) is 2.76. The number of ether oxygens (including phenoxy) is 3. The first-order valence-corrected chi connectivity index (χ1v) is 8.81. The Hall–Kier alpha value is -1.35. The molecule has 2 aliphatic heterocycles. The van der Waals surface area contributed by atoms with Gasteiger partial charge < -0.3 is 29.3 Å². The van der Waals surface area contributed by atoms with E-state index in [9.17, 15) is 15.0 Å². The van der Waals surface area contributed by atoms with Crippen molar-refractivity contribution in [2.45, 2.75) is 44.9 Å². The number of halogens is 1. The number of nitrogens with zero attached hydrogens (tertiary/aromatic N) is 1. The Kier molecular flexibility index (Phi) is 4.74. The lowest BCUT2D eigenvalue weighted by atomic mass is 9.96. The molecule has 138 valence electrons. The van der Waals surface area contributed by atoms with Gasteiger partial charge in [0.1, 0.15) is 23.6 Å². The molecule has 0 bridgehead atoms. The molecule has 25 heavy (non-hydrogen) atoms. The van der Waals surface area contributed by atoms with Crippen LogP contribution in [0.1, 0.15) is 38.2 Å². The Balaban J connectivity index is 1.57. The van der Waals surface area contributed by atoms with Crippen molar-refractivity contribution in [2.24, 2.45) is 0 Å². The zero-order chi connectivity index (χ0) is 18.4. The molecule has 1 unspecified atom stereocenters. The van der Waals surface area contributed by atoms with Gasteiger partial charge in [0.2, 0.25) is 0 Å². The van der Waals surface area contributed by atoms with Crippen molar-refractivity contribution in [3.63, 3.8) is 0 Å². The van der Waals surface area contributed by atoms with Crippen LogP contribution in [0.2, 0.25) is 0 Å². The number of fused-ring (bicyclic) bond motifs is 1. The van der Waals surface area contributed by atoms with Gasteiger partial charge in [-0.25, -0.2) is 4.79 Å². The number of amides is 1. The van der Waals surface area contributed by atoms with Gasteiger partial charge in [0.25, 0.3) is 0 Å². The predicted octanol–water partition coefficient (Wildman–Crippen LogP) is 2.33. The van der Waals surface area contributed by atoms with Gasteiger partial charge in [0, 0.05) is 5.56 Å². The number of carbonyl (C=O) groups excluding carboxylic acids is 1. The normalized spacial score (nSPS) is 21.5. The van der Waals surface area contributed by atoms with Crippen LogP contribution in [0.4, 0.5) is 4.79 Å². The summed E-state index contributed by atoms with van der Waals surface area (Å²) in [6.45, 7) is 6.06. The first-order valence-electron chi connectivity index (χ1n) is 8.01. The summed E-state index contributed by atoms with van der Waals surface area (Å²) >= 11 is 3.42. The average molecular weight is 416 g/mol. The first-order chi connectivity index (χ1) is 11.6. The van der Waals surface area contributed by atoms with Gasteiger partial charge in [0.05, 0.1) is 24.2 Å². The second kappa shape index (κ2) is 6.42. The molecular formula is C17H22BrNO6. The van der Waals surface area contributed by atoms with Gasteiger partial charge in [-0.2, -0.15) is 0 Å². The fourth-order valence-corrected chi connectivity index (χ4v) is 3.26. The molecule has 0 saturated carbocycles. The zero-order valence-electron chi connectivity index (χ0n) is 14.4. The van der Waals surface area contributed by atoms with E-state index in [1.54, 1.807) is 26.8 Å². The van der Waals surface area contributed by atoms with E-state index in [1.807, 2.05) is 6.07 Å². The SMILES string of the molecule is CC(C)(C)OC(=O)N1CC(O)(COc2cc3c(cc2Br)COC3O)C1. The standard InChI is InChI=1S/C17H22BrNO6/c1-16(2,3)25-15(21)19-7-17(22,8-19)9-24-13-5-11-10(4-12(13)18)6-23-14(11)20/h4-5,14,20,22H,6-9H2,1-3H3. The van der Waals surface area contributed by atoms with E-state index in [2.05, 4.69) is 15.9 Å². The summed E-state index contributed by atoms with van der Waals surface area (Å²) in [5, 5.41) is 20.2. The third-order valence-electron chi connectivity index (χ3n) is 3.97. The highest BCUT2D eigenvalue weighted by atomic mass is 79.9. The molecule has 1 amide bonds. The van der Waals surface area contributed by atoms with Crippen molar-refractivity contribution in [3.05, 3.63) is 27.7 Å². The van der Waals surface area contributed by atoms with Crippen molar-refractivity contribution in [1.29, 1.82) is 0 Å². The molecule has 0 spiro atoms. The lowest BCUT2D eigenvalue weighted by Gasteiger charge is -2.45. The minimum atomic E-state index is -1.12. The summed E-state index contributed by atoms with van der Waals surface area (Å²) in [5.41, 5.74) is -0.136. The minimum absolute atomic E-state index is 0.0284. The average Bonchev–Trinajstić information content (AvgIpc) is 2.80. The number of hydrogen-bond donors (Lipinski definition) is 2. The largest absolute Gasteiger partial charge is 0.489 e. The molecular weight excluding hydrogens is 394 g/mol. The van der Waals surface area contributed by atoms with E-state index in [4.69, 9.17) is 14.2 Å². The monoisotopic (exact) mass is 415 g/mol. The van der Waals surface area contributed by atoms with Crippen LogP contribution in [0, 0.1) is 0 Å². The number of benzene rings is 1. The molecule has 0 aliphatic carbocycles. The van der Waals surface area contributed by atoms with Gasteiger partial charge in [-0.15, -0.1) is 0 Å². The van der Waals surface area contributed by atoms with Crippen LogP contribution in [0.25, 0.3) is 0 Å². The maximum absolute atomic E-state index is 11.9. The Morgan fingerprint density at radius 3 is 2.76 bits per heavy atom. The Morgan fingerprint density at radius 2 is 2.12 bits per heavy atom. The number of hydrogen-bond acceptors (Lipinski definition) is 6. The van der Waals surface area contributed by atoms with E-state index in [1.165, 1.54) is 4.90 Å². The number of aliphatic hydroxyl groups is 2. The molecule has 3 rings (SSSR count). The minimum Gasteiger partial charge on any atom is -0.489 e. The van der Waals surface area contributed by atoms with Gasteiger partial charge in [0.15, 0.2) is 6.29 Å². The van der Waals surface area contributed by atoms with Crippen LogP contribution >= 0.6 is 15.9 Å². The van der Waals surface area contributed by atoms with Gasteiger partial charge >= 0.3 is 6.09 Å². The number of carbonyl (C=O) groups is 1. The molecule has 0 aromatic heterocycles. The summed E-state index contributed by atoms with van der Waals surface area (Å²) < 4.78 is 16.9. The molecule has 7 nitrogen and oxygen atoms in total. The smallest absolute Gasteiger partial charge is 0.410 e. The van der Waals surface area contributed by atoms with Crippen molar-refractivity contribution in [3.8, 4) is 5.75 Å². The highest BCUT2D eigenvalue weighted by Gasteiger charge is 2.46. The van der Waals surface area contributed by atoms with Crippen LogP contribution < -0.4 is 4.74 Å². The summed E-state index contributed by atoms with van der Waals surface area (Å²) in [6, 6.07) is 3.53. The third-order valence-corrected chi connectivity index (χ3v) is 4.59. The molecule has 0 radical (unpaired) electrons. The highest BCUT2D eigenvalue weighted by Crippen LogP contribution is 2.37. The van der Waals surface area contributed by atoms with Gasteiger partial charge in [-0.3, -0.25) is 0 Å². The van der Waals surface area contributed by atoms with Crippen LogP contribution in [0.3, 0.4) is 0 Å².